The molecule has 0 bridgehead atoms. The van der Waals surface area contributed by atoms with E-state index in [4.69, 9.17) is 16.9 Å². The summed E-state index contributed by atoms with van der Waals surface area (Å²) in [5.41, 5.74) is 1.08. The molecule has 0 aromatic rings. The van der Waals surface area contributed by atoms with Crippen LogP contribution in [0.2, 0.25) is 0 Å². The van der Waals surface area contributed by atoms with Crippen molar-refractivity contribution in [1.29, 1.82) is 5.26 Å². The second-order valence-corrected chi connectivity index (χ2v) is 2.79. The maximum atomic E-state index is 8.33. The molecule has 1 nitrogen and oxygen atoms in total. The minimum absolute atomic E-state index is 0.127. The Hall–Kier alpha value is -0.740. The number of nitriles is 1. The van der Waals surface area contributed by atoms with Crippen LogP contribution in [0.3, 0.4) is 0 Å². The molecule has 0 spiro atoms. The maximum absolute atomic E-state index is 8.33. The van der Waals surface area contributed by atoms with Crippen LogP contribution in [0, 0.1) is 11.3 Å². The molecule has 52 valence electrons. The second-order valence-electron chi connectivity index (χ2n) is 2.22. The fourth-order valence-electron chi connectivity index (χ4n) is 0.861. The molecular formula is C8H8ClN. The van der Waals surface area contributed by atoms with Crippen LogP contribution >= 0.6 is 11.6 Å². The van der Waals surface area contributed by atoms with Crippen molar-refractivity contribution in [3.8, 4) is 6.07 Å². The molecule has 0 amide bonds. The average molecular weight is 154 g/mol. The Morgan fingerprint density at radius 2 is 2.60 bits per heavy atom. The molecule has 0 saturated carbocycles. The first-order valence-corrected chi connectivity index (χ1v) is 3.65. The van der Waals surface area contributed by atoms with Gasteiger partial charge in [-0.1, -0.05) is 18.2 Å². The fourth-order valence-corrected chi connectivity index (χ4v) is 1.02. The third-order valence-electron chi connectivity index (χ3n) is 1.41. The van der Waals surface area contributed by atoms with Crippen LogP contribution in [0.5, 0.6) is 0 Å². The highest BCUT2D eigenvalue weighted by Gasteiger charge is 2.03. The SMILES string of the molecule is N#CCC1=CCC(Cl)C=C1. The predicted molar refractivity (Wildman–Crippen MR) is 41.7 cm³/mol. The van der Waals surface area contributed by atoms with Gasteiger partial charge in [-0.3, -0.25) is 0 Å². The van der Waals surface area contributed by atoms with E-state index in [0.29, 0.717) is 6.42 Å². The van der Waals surface area contributed by atoms with Gasteiger partial charge >= 0.3 is 0 Å². The Balaban J connectivity index is 2.52. The summed E-state index contributed by atoms with van der Waals surface area (Å²) < 4.78 is 0. The largest absolute Gasteiger partial charge is 0.198 e. The molecule has 1 aliphatic rings. The van der Waals surface area contributed by atoms with Gasteiger partial charge in [-0.15, -0.1) is 11.6 Å². The van der Waals surface area contributed by atoms with Crippen LogP contribution in [0.15, 0.2) is 23.8 Å². The summed E-state index contributed by atoms with van der Waals surface area (Å²) in [6.07, 6.45) is 7.22. The van der Waals surface area contributed by atoms with E-state index in [1.165, 1.54) is 0 Å². The van der Waals surface area contributed by atoms with Crippen molar-refractivity contribution in [2.45, 2.75) is 18.2 Å². The summed E-state index contributed by atoms with van der Waals surface area (Å²) in [5.74, 6) is 0. The molecule has 0 aliphatic heterocycles. The van der Waals surface area contributed by atoms with Crippen LogP contribution in [-0.2, 0) is 0 Å². The molecule has 0 saturated heterocycles. The lowest BCUT2D eigenvalue weighted by Crippen LogP contribution is -1.96. The average Bonchev–Trinajstić information content (AvgIpc) is 1.95. The Bertz CT molecular complexity index is 210. The quantitative estimate of drug-likeness (QED) is 0.531. The Kier molecular flexibility index (Phi) is 2.53. The predicted octanol–water partition coefficient (Wildman–Crippen LogP) is 2.39. The molecule has 1 unspecified atom stereocenters. The number of rotatable bonds is 1. The van der Waals surface area contributed by atoms with E-state index in [2.05, 4.69) is 6.07 Å². The summed E-state index contributed by atoms with van der Waals surface area (Å²) in [5, 5.41) is 8.45. The summed E-state index contributed by atoms with van der Waals surface area (Å²) in [6, 6.07) is 2.09. The van der Waals surface area contributed by atoms with Crippen molar-refractivity contribution in [3.63, 3.8) is 0 Å². The minimum Gasteiger partial charge on any atom is -0.198 e. The Morgan fingerprint density at radius 3 is 3.10 bits per heavy atom. The van der Waals surface area contributed by atoms with Gasteiger partial charge in [0.1, 0.15) is 0 Å². The van der Waals surface area contributed by atoms with Crippen LogP contribution in [0.25, 0.3) is 0 Å². The Morgan fingerprint density at radius 1 is 1.80 bits per heavy atom. The zero-order valence-electron chi connectivity index (χ0n) is 5.55. The normalized spacial score (nSPS) is 23.6. The lowest BCUT2D eigenvalue weighted by atomic mass is 10.1. The van der Waals surface area contributed by atoms with Gasteiger partial charge in [0, 0.05) is 0 Å². The van der Waals surface area contributed by atoms with Crippen molar-refractivity contribution in [1.82, 2.24) is 0 Å². The van der Waals surface area contributed by atoms with E-state index in [9.17, 15) is 0 Å². The molecule has 0 fully saturated rings. The summed E-state index contributed by atoms with van der Waals surface area (Å²) in [6.45, 7) is 0. The molecular weight excluding hydrogens is 146 g/mol. The first-order valence-electron chi connectivity index (χ1n) is 3.21. The molecule has 0 radical (unpaired) electrons. The molecule has 0 aromatic carbocycles. The molecule has 1 aliphatic carbocycles. The van der Waals surface area contributed by atoms with Crippen LogP contribution in [0.1, 0.15) is 12.8 Å². The van der Waals surface area contributed by atoms with Crippen molar-refractivity contribution in [2.24, 2.45) is 0 Å². The van der Waals surface area contributed by atoms with E-state index in [-0.39, 0.29) is 5.38 Å². The summed E-state index contributed by atoms with van der Waals surface area (Å²) in [7, 11) is 0. The molecule has 10 heavy (non-hydrogen) atoms. The van der Waals surface area contributed by atoms with E-state index < -0.39 is 0 Å². The number of allylic oxidation sites excluding steroid dienone is 4. The number of hydrogen-bond acceptors (Lipinski definition) is 1. The van der Waals surface area contributed by atoms with Gasteiger partial charge in [-0.05, 0) is 12.0 Å². The van der Waals surface area contributed by atoms with E-state index in [1.807, 2.05) is 18.2 Å². The lowest BCUT2D eigenvalue weighted by molar-refractivity contribution is 1.01. The van der Waals surface area contributed by atoms with Gasteiger partial charge < -0.3 is 0 Å². The lowest BCUT2D eigenvalue weighted by Gasteiger charge is -2.06. The standard InChI is InChI=1S/C8H8ClN/c9-8-3-1-7(2-4-8)5-6-10/h1-3,8H,4-5H2. The first-order chi connectivity index (χ1) is 4.83. The summed E-state index contributed by atoms with van der Waals surface area (Å²) in [4.78, 5) is 0. The van der Waals surface area contributed by atoms with Gasteiger partial charge in [-0.25, -0.2) is 0 Å². The maximum Gasteiger partial charge on any atom is 0.0669 e. The van der Waals surface area contributed by atoms with Gasteiger partial charge in [-0.2, -0.15) is 5.26 Å². The highest BCUT2D eigenvalue weighted by Crippen LogP contribution is 2.16. The highest BCUT2D eigenvalue weighted by molar-refractivity contribution is 6.22. The van der Waals surface area contributed by atoms with Crippen molar-refractivity contribution in [2.75, 3.05) is 0 Å². The number of nitrogens with zero attached hydrogens (tertiary/aromatic N) is 1. The van der Waals surface area contributed by atoms with Crippen LogP contribution in [-0.4, -0.2) is 5.38 Å². The molecule has 0 heterocycles. The summed E-state index contributed by atoms with van der Waals surface area (Å²) >= 11 is 5.77. The topological polar surface area (TPSA) is 23.8 Å². The molecule has 0 aromatic heterocycles. The van der Waals surface area contributed by atoms with E-state index in [1.54, 1.807) is 0 Å². The van der Waals surface area contributed by atoms with E-state index >= 15 is 0 Å². The third kappa shape index (κ3) is 1.89. The van der Waals surface area contributed by atoms with Crippen LogP contribution in [0.4, 0.5) is 0 Å². The molecule has 1 rings (SSSR count). The minimum atomic E-state index is 0.127. The smallest absolute Gasteiger partial charge is 0.0669 e. The highest BCUT2D eigenvalue weighted by atomic mass is 35.5. The monoisotopic (exact) mass is 153 g/mol. The van der Waals surface area contributed by atoms with Gasteiger partial charge in [0.15, 0.2) is 0 Å². The zero-order valence-corrected chi connectivity index (χ0v) is 6.30. The molecule has 1 atom stereocenters. The fraction of sp³-hybridized carbons (Fsp3) is 0.375. The second kappa shape index (κ2) is 3.43. The van der Waals surface area contributed by atoms with Gasteiger partial charge in [0.2, 0.25) is 0 Å². The van der Waals surface area contributed by atoms with Crippen molar-refractivity contribution < 1.29 is 0 Å². The molecule has 2 heteroatoms. The number of hydrogen-bond donors (Lipinski definition) is 0. The van der Waals surface area contributed by atoms with Gasteiger partial charge in [0.05, 0.1) is 17.9 Å². The third-order valence-corrected chi connectivity index (χ3v) is 1.73. The Labute approximate surface area is 65.6 Å². The number of halogens is 1. The number of alkyl halides is 1. The zero-order chi connectivity index (χ0) is 7.40. The first kappa shape index (κ1) is 7.37. The van der Waals surface area contributed by atoms with Crippen molar-refractivity contribution in [3.05, 3.63) is 23.8 Å². The van der Waals surface area contributed by atoms with E-state index in [0.717, 1.165) is 12.0 Å². The van der Waals surface area contributed by atoms with Crippen LogP contribution < -0.4 is 0 Å². The van der Waals surface area contributed by atoms with Crippen molar-refractivity contribution >= 4 is 11.6 Å². The van der Waals surface area contributed by atoms with Gasteiger partial charge in [0.25, 0.3) is 0 Å². The molecule has 0 N–H and O–H groups in total.